The number of nitrogens with zero attached hydrogens (tertiary/aromatic N) is 2. The van der Waals surface area contributed by atoms with Crippen LogP contribution in [0.25, 0.3) is 0 Å². The maximum Gasteiger partial charge on any atom is 0.282 e. The van der Waals surface area contributed by atoms with Gasteiger partial charge in [-0.15, -0.1) is 0 Å². The van der Waals surface area contributed by atoms with E-state index < -0.39 is 16.3 Å². The largest absolute Gasteiger partial charge is 0.392 e. The third-order valence-electron chi connectivity index (χ3n) is 3.81. The van der Waals surface area contributed by atoms with E-state index in [4.69, 9.17) is 0 Å². The molecule has 0 bridgehead atoms. The molecule has 6 heteroatoms. The van der Waals surface area contributed by atoms with E-state index in [1.165, 1.54) is 15.0 Å². The zero-order chi connectivity index (χ0) is 14.6. The Hall–Kier alpha value is -0.170. The minimum absolute atomic E-state index is 0.0366. The van der Waals surface area contributed by atoms with Gasteiger partial charge in [-0.2, -0.15) is 17.0 Å². The molecule has 1 saturated carbocycles. The molecule has 5 nitrogen and oxygen atoms in total. The van der Waals surface area contributed by atoms with Gasteiger partial charge in [0.05, 0.1) is 6.10 Å². The molecule has 0 amide bonds. The van der Waals surface area contributed by atoms with Crippen molar-refractivity contribution in [3.8, 4) is 0 Å². The molecule has 1 aliphatic carbocycles. The molecular weight excluding hydrogens is 264 g/mol. The van der Waals surface area contributed by atoms with Crippen molar-refractivity contribution in [2.24, 2.45) is 0 Å². The van der Waals surface area contributed by atoms with Crippen molar-refractivity contribution < 1.29 is 13.5 Å². The fourth-order valence-corrected chi connectivity index (χ4v) is 4.35. The van der Waals surface area contributed by atoms with Crippen molar-refractivity contribution in [1.29, 1.82) is 0 Å². The van der Waals surface area contributed by atoms with Crippen LogP contribution in [0.1, 0.15) is 52.9 Å². The van der Waals surface area contributed by atoms with Crippen LogP contribution in [-0.4, -0.2) is 53.9 Å². The van der Waals surface area contributed by atoms with Crippen LogP contribution in [0.2, 0.25) is 0 Å². The van der Waals surface area contributed by atoms with Crippen molar-refractivity contribution >= 4 is 10.2 Å². The van der Waals surface area contributed by atoms with Crippen molar-refractivity contribution in [1.82, 2.24) is 8.61 Å². The van der Waals surface area contributed by atoms with Crippen LogP contribution in [0.5, 0.6) is 0 Å². The third-order valence-corrected chi connectivity index (χ3v) is 6.00. The Morgan fingerprint density at radius 2 is 1.68 bits per heavy atom. The summed E-state index contributed by atoms with van der Waals surface area (Å²) in [5.41, 5.74) is 0. The van der Waals surface area contributed by atoms with Gasteiger partial charge in [0, 0.05) is 25.7 Å². The van der Waals surface area contributed by atoms with E-state index >= 15 is 0 Å². The topological polar surface area (TPSA) is 60.9 Å². The van der Waals surface area contributed by atoms with E-state index in [1.54, 1.807) is 14.0 Å². The summed E-state index contributed by atoms with van der Waals surface area (Å²) in [6.07, 6.45) is 4.48. The van der Waals surface area contributed by atoms with Crippen LogP contribution in [0.3, 0.4) is 0 Å². The average molecular weight is 292 g/mol. The highest BCUT2D eigenvalue weighted by atomic mass is 32.2. The summed E-state index contributed by atoms with van der Waals surface area (Å²) in [5.74, 6) is 0. The van der Waals surface area contributed by atoms with Crippen LogP contribution in [-0.2, 0) is 10.2 Å². The smallest absolute Gasteiger partial charge is 0.282 e. The van der Waals surface area contributed by atoms with Crippen LogP contribution in [0.15, 0.2) is 0 Å². The molecule has 19 heavy (non-hydrogen) atoms. The molecule has 1 rings (SSSR count). The second kappa shape index (κ2) is 7.02. The molecular formula is C13H28N2O3S. The second-order valence-electron chi connectivity index (χ2n) is 5.83. The lowest BCUT2D eigenvalue weighted by molar-refractivity contribution is 0.130. The van der Waals surface area contributed by atoms with E-state index in [0.29, 0.717) is 0 Å². The molecule has 1 unspecified atom stereocenters. The zero-order valence-corrected chi connectivity index (χ0v) is 13.4. The van der Waals surface area contributed by atoms with E-state index in [0.717, 1.165) is 25.7 Å². The monoisotopic (exact) mass is 292 g/mol. The number of aliphatic hydroxyl groups excluding tert-OH is 1. The van der Waals surface area contributed by atoms with Gasteiger partial charge in [0.1, 0.15) is 0 Å². The lowest BCUT2D eigenvalue weighted by Gasteiger charge is -2.37. The molecule has 0 saturated heterocycles. The molecule has 0 aromatic carbocycles. The third kappa shape index (κ3) is 4.41. The zero-order valence-electron chi connectivity index (χ0n) is 12.5. The van der Waals surface area contributed by atoms with Gasteiger partial charge < -0.3 is 5.11 Å². The van der Waals surface area contributed by atoms with Crippen LogP contribution >= 0.6 is 0 Å². The molecule has 0 radical (unpaired) electrons. The Morgan fingerprint density at radius 3 is 2.11 bits per heavy atom. The molecule has 0 aliphatic heterocycles. The van der Waals surface area contributed by atoms with Crippen LogP contribution in [0, 0.1) is 0 Å². The highest BCUT2D eigenvalue weighted by molar-refractivity contribution is 7.86. The van der Waals surface area contributed by atoms with Gasteiger partial charge in [0.2, 0.25) is 0 Å². The molecule has 0 heterocycles. The van der Waals surface area contributed by atoms with Gasteiger partial charge in [-0.05, 0) is 33.6 Å². The normalized spacial score (nSPS) is 20.4. The average Bonchev–Trinajstić information content (AvgIpc) is 2.35. The number of aliphatic hydroxyl groups is 1. The fourth-order valence-electron chi connectivity index (χ4n) is 2.49. The maximum absolute atomic E-state index is 12.6. The first-order valence-electron chi connectivity index (χ1n) is 7.19. The molecule has 114 valence electrons. The van der Waals surface area contributed by atoms with Gasteiger partial charge >= 0.3 is 0 Å². The Labute approximate surface area is 117 Å². The summed E-state index contributed by atoms with van der Waals surface area (Å²) >= 11 is 0. The summed E-state index contributed by atoms with van der Waals surface area (Å²) < 4.78 is 28.2. The first kappa shape index (κ1) is 16.9. The quantitative estimate of drug-likeness (QED) is 0.808. The molecule has 0 aromatic heterocycles. The number of hydrogen-bond donors (Lipinski definition) is 1. The van der Waals surface area contributed by atoms with Gasteiger partial charge in [0.15, 0.2) is 0 Å². The highest BCUT2D eigenvalue weighted by Gasteiger charge is 2.35. The van der Waals surface area contributed by atoms with Crippen molar-refractivity contribution in [2.75, 3.05) is 13.6 Å². The Bertz CT molecular complexity index is 362. The minimum atomic E-state index is -3.49. The summed E-state index contributed by atoms with van der Waals surface area (Å²) in [6, 6.07) is -0.0420. The molecule has 0 spiro atoms. The first-order valence-corrected chi connectivity index (χ1v) is 8.59. The summed E-state index contributed by atoms with van der Waals surface area (Å²) in [4.78, 5) is 0. The molecule has 1 atom stereocenters. The van der Waals surface area contributed by atoms with Crippen LogP contribution in [0.4, 0.5) is 0 Å². The van der Waals surface area contributed by atoms with E-state index in [2.05, 4.69) is 0 Å². The van der Waals surface area contributed by atoms with Gasteiger partial charge in [-0.25, -0.2) is 0 Å². The summed E-state index contributed by atoms with van der Waals surface area (Å²) in [5, 5.41) is 9.61. The van der Waals surface area contributed by atoms with Gasteiger partial charge in [0.25, 0.3) is 10.2 Å². The lowest BCUT2D eigenvalue weighted by atomic mass is 9.95. The number of hydrogen-bond acceptors (Lipinski definition) is 3. The predicted octanol–water partition coefficient (Wildman–Crippen LogP) is 1.59. The van der Waals surface area contributed by atoms with E-state index in [1.807, 2.05) is 13.8 Å². The van der Waals surface area contributed by atoms with Crippen molar-refractivity contribution in [3.05, 3.63) is 0 Å². The molecule has 0 aromatic rings. The Morgan fingerprint density at radius 1 is 1.16 bits per heavy atom. The predicted molar refractivity (Wildman–Crippen MR) is 77.1 cm³/mol. The highest BCUT2D eigenvalue weighted by Crippen LogP contribution is 2.26. The van der Waals surface area contributed by atoms with Gasteiger partial charge in [-0.3, -0.25) is 0 Å². The number of rotatable bonds is 6. The van der Waals surface area contributed by atoms with Gasteiger partial charge in [-0.1, -0.05) is 19.3 Å². The van der Waals surface area contributed by atoms with Crippen molar-refractivity contribution in [3.63, 3.8) is 0 Å². The van der Waals surface area contributed by atoms with Crippen LogP contribution < -0.4 is 0 Å². The summed E-state index contributed by atoms with van der Waals surface area (Å²) in [6.45, 7) is 5.54. The Kier molecular flexibility index (Phi) is 6.23. The van der Waals surface area contributed by atoms with E-state index in [9.17, 15) is 13.5 Å². The first-order chi connectivity index (χ1) is 8.76. The van der Waals surface area contributed by atoms with E-state index in [-0.39, 0.29) is 18.6 Å². The lowest BCUT2D eigenvalue weighted by Crippen LogP contribution is -2.51. The second-order valence-corrected chi connectivity index (χ2v) is 7.77. The summed E-state index contributed by atoms with van der Waals surface area (Å²) in [7, 11) is -1.88. The SMILES string of the molecule is CC(O)CN(C1CCCCC1)S(=O)(=O)N(C)C(C)C. The van der Waals surface area contributed by atoms with Crippen molar-refractivity contribution in [2.45, 2.75) is 71.1 Å². The molecule has 1 aliphatic rings. The minimum Gasteiger partial charge on any atom is -0.392 e. The Balaban J connectivity index is 2.94. The molecule has 1 N–H and O–H groups in total. The standard InChI is InChI=1S/C13H28N2O3S/c1-11(2)14(4)19(17,18)15(10-12(3)16)13-8-6-5-7-9-13/h11-13,16H,5-10H2,1-4H3. The maximum atomic E-state index is 12.6. The molecule has 1 fully saturated rings. The fraction of sp³-hybridized carbons (Fsp3) is 1.00.